The average Bonchev–Trinajstić information content (AvgIpc) is 2.26. The minimum atomic E-state index is -2.25. The number of piperazine rings is 1. The van der Waals surface area contributed by atoms with E-state index >= 15 is 0 Å². The van der Waals surface area contributed by atoms with Gasteiger partial charge in [0.05, 0.1) is 6.54 Å². The molecule has 0 spiro atoms. The maximum Gasteiger partial charge on any atom is 0.251 e. The standard InChI is InChI=1S/C14H28F2N2/c1-6-14(7-2)10-18(9-12(15)16)11(8-17-14)13(3,4)5/h11-12,17H,6-10H2,1-5H3. The SMILES string of the molecule is CCC1(CC)CN(CC(F)F)C(C(C)(C)C)CN1. The summed E-state index contributed by atoms with van der Waals surface area (Å²) in [5, 5.41) is 3.61. The summed E-state index contributed by atoms with van der Waals surface area (Å²) >= 11 is 0. The summed E-state index contributed by atoms with van der Waals surface area (Å²) in [4.78, 5) is 1.99. The predicted octanol–water partition coefficient (Wildman–Crippen LogP) is 3.13. The maximum atomic E-state index is 12.8. The van der Waals surface area contributed by atoms with Crippen LogP contribution in [0, 0.1) is 5.41 Å². The molecule has 1 atom stereocenters. The lowest BCUT2D eigenvalue weighted by Crippen LogP contribution is -2.67. The number of nitrogens with zero attached hydrogens (tertiary/aromatic N) is 1. The van der Waals surface area contributed by atoms with Gasteiger partial charge in [-0.25, -0.2) is 8.78 Å². The first kappa shape index (κ1) is 15.8. The van der Waals surface area contributed by atoms with E-state index in [1.165, 1.54) is 0 Å². The third-order valence-electron chi connectivity index (χ3n) is 4.34. The van der Waals surface area contributed by atoms with Gasteiger partial charge in [-0.3, -0.25) is 4.90 Å². The highest BCUT2D eigenvalue weighted by atomic mass is 19.3. The number of rotatable bonds is 4. The summed E-state index contributed by atoms with van der Waals surface area (Å²) in [6, 6.07) is 0.178. The van der Waals surface area contributed by atoms with Gasteiger partial charge >= 0.3 is 0 Å². The number of hydrogen-bond acceptors (Lipinski definition) is 2. The van der Waals surface area contributed by atoms with E-state index in [9.17, 15) is 8.78 Å². The second-order valence-corrected chi connectivity index (χ2v) is 6.57. The van der Waals surface area contributed by atoms with E-state index in [4.69, 9.17) is 0 Å². The molecule has 0 radical (unpaired) electrons. The van der Waals surface area contributed by atoms with Crippen molar-refractivity contribution in [3.05, 3.63) is 0 Å². The highest BCUT2D eigenvalue weighted by molar-refractivity contribution is 4.99. The Balaban J connectivity index is 2.85. The lowest BCUT2D eigenvalue weighted by Gasteiger charge is -2.51. The van der Waals surface area contributed by atoms with Crippen LogP contribution >= 0.6 is 0 Å². The molecule has 1 N–H and O–H groups in total. The van der Waals surface area contributed by atoms with Crippen molar-refractivity contribution in [3.63, 3.8) is 0 Å². The normalized spacial score (nSPS) is 25.7. The number of nitrogens with one attached hydrogen (secondary N) is 1. The lowest BCUT2D eigenvalue weighted by molar-refractivity contribution is -0.0183. The number of alkyl halides is 2. The molecule has 1 aliphatic heterocycles. The lowest BCUT2D eigenvalue weighted by atomic mass is 9.80. The van der Waals surface area contributed by atoms with E-state index < -0.39 is 6.43 Å². The van der Waals surface area contributed by atoms with Crippen molar-refractivity contribution in [1.29, 1.82) is 0 Å². The second kappa shape index (κ2) is 5.83. The van der Waals surface area contributed by atoms with Gasteiger partial charge in [0.2, 0.25) is 0 Å². The molecule has 1 fully saturated rings. The van der Waals surface area contributed by atoms with Gasteiger partial charge in [0.25, 0.3) is 6.43 Å². The topological polar surface area (TPSA) is 15.3 Å². The fourth-order valence-electron chi connectivity index (χ4n) is 2.94. The van der Waals surface area contributed by atoms with E-state index in [0.717, 1.165) is 25.9 Å². The highest BCUT2D eigenvalue weighted by Crippen LogP contribution is 2.31. The number of hydrogen-bond donors (Lipinski definition) is 1. The van der Waals surface area contributed by atoms with E-state index in [-0.39, 0.29) is 23.5 Å². The van der Waals surface area contributed by atoms with Crippen molar-refractivity contribution in [1.82, 2.24) is 10.2 Å². The molecule has 0 amide bonds. The van der Waals surface area contributed by atoms with Crippen LogP contribution in [-0.4, -0.2) is 42.5 Å². The van der Waals surface area contributed by atoms with Gasteiger partial charge in [-0.05, 0) is 18.3 Å². The Morgan fingerprint density at radius 1 is 1.28 bits per heavy atom. The van der Waals surface area contributed by atoms with Gasteiger partial charge in [-0.2, -0.15) is 0 Å². The van der Waals surface area contributed by atoms with Crippen LogP contribution in [0.15, 0.2) is 0 Å². The monoisotopic (exact) mass is 262 g/mol. The summed E-state index contributed by atoms with van der Waals surface area (Å²) in [5.74, 6) is 0. The minimum absolute atomic E-state index is 0.0106. The van der Waals surface area contributed by atoms with Crippen LogP contribution in [0.2, 0.25) is 0 Å². The van der Waals surface area contributed by atoms with Crippen molar-refractivity contribution < 1.29 is 8.78 Å². The average molecular weight is 262 g/mol. The molecule has 1 heterocycles. The van der Waals surface area contributed by atoms with E-state index in [0.29, 0.717) is 0 Å². The van der Waals surface area contributed by atoms with E-state index in [1.54, 1.807) is 0 Å². The zero-order valence-corrected chi connectivity index (χ0v) is 12.4. The van der Waals surface area contributed by atoms with Crippen molar-refractivity contribution in [2.24, 2.45) is 5.41 Å². The Morgan fingerprint density at radius 3 is 2.22 bits per heavy atom. The molecular weight excluding hydrogens is 234 g/mol. The zero-order chi connectivity index (χ0) is 14.0. The minimum Gasteiger partial charge on any atom is -0.308 e. The highest BCUT2D eigenvalue weighted by Gasteiger charge is 2.41. The molecule has 1 saturated heterocycles. The third kappa shape index (κ3) is 3.64. The molecule has 0 bridgehead atoms. The molecule has 108 valence electrons. The van der Waals surface area contributed by atoms with Crippen molar-refractivity contribution in [2.75, 3.05) is 19.6 Å². The van der Waals surface area contributed by atoms with Gasteiger partial charge in [-0.1, -0.05) is 34.6 Å². The summed E-state index contributed by atoms with van der Waals surface area (Å²) in [6.45, 7) is 12.1. The molecule has 0 saturated carbocycles. The molecule has 0 aromatic carbocycles. The van der Waals surface area contributed by atoms with Gasteiger partial charge < -0.3 is 5.32 Å². The Bertz CT molecular complexity index is 257. The quantitative estimate of drug-likeness (QED) is 0.837. The Labute approximate surface area is 110 Å². The molecular formula is C14H28F2N2. The van der Waals surface area contributed by atoms with Crippen molar-refractivity contribution in [2.45, 2.75) is 65.5 Å². The summed E-state index contributed by atoms with van der Waals surface area (Å²) in [6.07, 6.45) is -0.278. The first-order valence-electron chi connectivity index (χ1n) is 7.01. The predicted molar refractivity (Wildman–Crippen MR) is 72.1 cm³/mol. The summed E-state index contributed by atoms with van der Waals surface area (Å²) in [7, 11) is 0. The summed E-state index contributed by atoms with van der Waals surface area (Å²) < 4.78 is 25.6. The molecule has 1 rings (SSSR count). The van der Waals surface area contributed by atoms with Gasteiger partial charge in [0.1, 0.15) is 0 Å². The van der Waals surface area contributed by atoms with Crippen molar-refractivity contribution in [3.8, 4) is 0 Å². The van der Waals surface area contributed by atoms with Crippen molar-refractivity contribution >= 4 is 0 Å². The first-order chi connectivity index (χ1) is 8.24. The smallest absolute Gasteiger partial charge is 0.251 e. The fourth-order valence-corrected chi connectivity index (χ4v) is 2.94. The molecule has 1 aliphatic rings. The molecule has 18 heavy (non-hydrogen) atoms. The molecule has 2 nitrogen and oxygen atoms in total. The third-order valence-corrected chi connectivity index (χ3v) is 4.34. The van der Waals surface area contributed by atoms with Gasteiger partial charge in [0.15, 0.2) is 0 Å². The van der Waals surface area contributed by atoms with Crippen LogP contribution in [0.3, 0.4) is 0 Å². The van der Waals surface area contributed by atoms with Crippen LogP contribution in [0.1, 0.15) is 47.5 Å². The van der Waals surface area contributed by atoms with E-state index in [2.05, 4.69) is 39.9 Å². The van der Waals surface area contributed by atoms with Crippen LogP contribution in [-0.2, 0) is 0 Å². The number of halogens is 2. The van der Waals surface area contributed by atoms with Gasteiger partial charge in [0, 0.05) is 24.7 Å². The van der Waals surface area contributed by atoms with Crippen LogP contribution in [0.5, 0.6) is 0 Å². The fraction of sp³-hybridized carbons (Fsp3) is 1.00. The molecule has 4 heteroatoms. The maximum absolute atomic E-state index is 12.8. The second-order valence-electron chi connectivity index (χ2n) is 6.57. The Hall–Kier alpha value is -0.220. The van der Waals surface area contributed by atoms with E-state index in [1.807, 2.05) is 4.90 Å². The zero-order valence-electron chi connectivity index (χ0n) is 12.4. The van der Waals surface area contributed by atoms with Gasteiger partial charge in [-0.15, -0.1) is 0 Å². The summed E-state index contributed by atoms with van der Waals surface area (Å²) in [5.41, 5.74) is 0.0339. The molecule has 0 aliphatic carbocycles. The molecule has 0 aromatic rings. The van der Waals surface area contributed by atoms with Crippen LogP contribution in [0.4, 0.5) is 8.78 Å². The molecule has 0 aromatic heterocycles. The first-order valence-corrected chi connectivity index (χ1v) is 7.01. The molecule has 1 unspecified atom stereocenters. The Morgan fingerprint density at radius 2 is 1.83 bits per heavy atom. The Kier molecular flexibility index (Phi) is 5.13. The van der Waals surface area contributed by atoms with Crippen LogP contribution in [0.25, 0.3) is 0 Å². The van der Waals surface area contributed by atoms with Crippen LogP contribution < -0.4 is 5.32 Å². The largest absolute Gasteiger partial charge is 0.308 e.